The van der Waals surface area contributed by atoms with Crippen molar-refractivity contribution in [1.82, 2.24) is 4.98 Å². The van der Waals surface area contributed by atoms with Crippen molar-refractivity contribution in [3.63, 3.8) is 0 Å². The lowest BCUT2D eigenvalue weighted by atomic mass is 10.1. The molecule has 0 saturated carbocycles. The van der Waals surface area contributed by atoms with Crippen LogP contribution >= 0.6 is 11.3 Å². The highest BCUT2D eigenvalue weighted by atomic mass is 32.1. The normalized spacial score (nSPS) is 11.5. The number of nitro benzene ring substituents is 1. The maximum Gasteiger partial charge on any atom is 0.416 e. The monoisotopic (exact) mass is 381 g/mol. The van der Waals surface area contributed by atoms with Gasteiger partial charge in [0.15, 0.2) is 5.13 Å². The van der Waals surface area contributed by atoms with Crippen LogP contribution in [0.4, 0.5) is 24.0 Å². The smallest absolute Gasteiger partial charge is 0.357 e. The Morgan fingerprint density at radius 2 is 1.88 bits per heavy atom. The number of nitrogens with one attached hydrogen (secondary N) is 1. The summed E-state index contributed by atoms with van der Waals surface area (Å²) in [5, 5.41) is 13.7. The van der Waals surface area contributed by atoms with Crippen LogP contribution in [0.3, 0.4) is 0 Å². The van der Waals surface area contributed by atoms with Gasteiger partial charge in [0, 0.05) is 12.6 Å². The van der Waals surface area contributed by atoms with E-state index in [0.717, 1.165) is 16.9 Å². The molecular weight excluding hydrogens is 371 g/mol. The number of nitro groups is 1. The molecule has 0 aliphatic carbocycles. The van der Waals surface area contributed by atoms with E-state index >= 15 is 0 Å². The van der Waals surface area contributed by atoms with Crippen LogP contribution in [0.25, 0.3) is 10.1 Å². The molecule has 2 aromatic carbocycles. The highest BCUT2D eigenvalue weighted by Gasteiger charge is 2.34. The first kappa shape index (κ1) is 17.8. The van der Waals surface area contributed by atoms with Gasteiger partial charge in [0.2, 0.25) is 0 Å². The molecule has 0 aliphatic heterocycles. The highest BCUT2D eigenvalue weighted by molar-refractivity contribution is 7.22. The van der Waals surface area contributed by atoms with E-state index in [2.05, 4.69) is 10.3 Å². The van der Waals surface area contributed by atoms with Crippen molar-refractivity contribution < 1.29 is 18.1 Å². The largest absolute Gasteiger partial charge is 0.416 e. The molecule has 1 heterocycles. The molecule has 0 bridgehead atoms. The van der Waals surface area contributed by atoms with Crippen molar-refractivity contribution in [2.75, 3.05) is 5.32 Å². The molecule has 0 amide bonds. The summed E-state index contributed by atoms with van der Waals surface area (Å²) in [7, 11) is 0. The minimum atomic E-state index is -4.81. The van der Waals surface area contributed by atoms with Crippen LogP contribution in [-0.2, 0) is 12.7 Å². The third-order valence-electron chi connectivity index (χ3n) is 3.51. The lowest BCUT2D eigenvalue weighted by molar-refractivity contribution is -0.383. The molecule has 0 saturated heterocycles. The Kier molecular flexibility index (Phi) is 4.60. The van der Waals surface area contributed by atoms with Crippen molar-refractivity contribution in [3.05, 3.63) is 74.1 Å². The molecule has 0 fully saturated rings. The predicted molar refractivity (Wildman–Crippen MR) is 91.3 cm³/mol. The van der Waals surface area contributed by atoms with Gasteiger partial charge in [-0.15, -0.1) is 0 Å². The van der Waals surface area contributed by atoms with Crippen molar-refractivity contribution in [2.24, 2.45) is 0 Å². The van der Waals surface area contributed by atoms with Crippen molar-refractivity contribution in [3.8, 4) is 0 Å². The Labute approximate surface area is 148 Å². The highest BCUT2D eigenvalue weighted by Crippen LogP contribution is 2.37. The van der Waals surface area contributed by atoms with Gasteiger partial charge in [-0.3, -0.25) is 14.9 Å². The Balaban J connectivity index is 2.08. The standard InChI is InChI=1S/C16H10F3N3O3S/c17-16(18,19)10-6-11-13(12(7-10)22(24)25)26-15(21-14(11)23)20-8-9-4-2-1-3-5-9/h1-7H,8H2,(H,20,21,23). The van der Waals surface area contributed by atoms with Crippen molar-refractivity contribution in [2.45, 2.75) is 12.7 Å². The minimum absolute atomic E-state index is 0.0919. The first-order valence-corrected chi connectivity index (χ1v) is 8.05. The maximum absolute atomic E-state index is 12.9. The molecule has 10 heteroatoms. The second-order valence-corrected chi connectivity index (χ2v) is 6.29. The molecule has 6 nitrogen and oxygen atoms in total. The fourth-order valence-electron chi connectivity index (χ4n) is 2.30. The SMILES string of the molecule is O=c1nc(NCc2ccccc2)sc2c([N+](=O)[O-])cc(C(F)(F)F)cc12. The Morgan fingerprint density at radius 3 is 2.50 bits per heavy atom. The first-order valence-electron chi connectivity index (χ1n) is 7.24. The van der Waals surface area contributed by atoms with Gasteiger partial charge < -0.3 is 5.32 Å². The number of anilines is 1. The number of alkyl halides is 3. The summed E-state index contributed by atoms with van der Waals surface area (Å²) in [4.78, 5) is 26.1. The molecule has 0 atom stereocenters. The summed E-state index contributed by atoms with van der Waals surface area (Å²) in [6, 6.07) is 10.1. The van der Waals surface area contributed by atoms with E-state index in [1.807, 2.05) is 30.3 Å². The molecule has 0 spiro atoms. The molecule has 3 rings (SSSR count). The molecule has 0 radical (unpaired) electrons. The van der Waals surface area contributed by atoms with Crippen LogP contribution in [0.5, 0.6) is 0 Å². The quantitative estimate of drug-likeness (QED) is 0.541. The van der Waals surface area contributed by atoms with Crippen LogP contribution in [0.2, 0.25) is 0 Å². The van der Waals surface area contributed by atoms with E-state index in [1.54, 1.807) is 0 Å². The second kappa shape index (κ2) is 6.71. The van der Waals surface area contributed by atoms with Gasteiger partial charge in [-0.25, -0.2) is 0 Å². The first-order chi connectivity index (χ1) is 12.3. The molecule has 1 aromatic heterocycles. The fraction of sp³-hybridized carbons (Fsp3) is 0.125. The van der Waals surface area contributed by atoms with Gasteiger partial charge in [0.1, 0.15) is 4.70 Å². The van der Waals surface area contributed by atoms with E-state index in [-0.39, 0.29) is 9.83 Å². The summed E-state index contributed by atoms with van der Waals surface area (Å²) < 4.78 is 38.6. The molecule has 3 aromatic rings. The lowest BCUT2D eigenvalue weighted by Gasteiger charge is -2.09. The van der Waals surface area contributed by atoms with Crippen LogP contribution in [-0.4, -0.2) is 9.91 Å². The number of halogens is 3. The minimum Gasteiger partial charge on any atom is -0.357 e. The zero-order valence-corrected chi connectivity index (χ0v) is 13.7. The molecule has 26 heavy (non-hydrogen) atoms. The summed E-state index contributed by atoms with van der Waals surface area (Å²) in [5.74, 6) is 0. The number of nitrogens with zero attached hydrogens (tertiary/aromatic N) is 2. The lowest BCUT2D eigenvalue weighted by Crippen LogP contribution is -2.12. The third kappa shape index (κ3) is 3.64. The molecule has 0 unspecified atom stereocenters. The van der Waals surface area contributed by atoms with Crippen molar-refractivity contribution in [1.29, 1.82) is 0 Å². The van der Waals surface area contributed by atoms with Crippen LogP contribution in [0.1, 0.15) is 11.1 Å². The average molecular weight is 381 g/mol. The number of hydrogen-bond acceptors (Lipinski definition) is 6. The van der Waals surface area contributed by atoms with Gasteiger partial charge in [0.05, 0.1) is 15.9 Å². The zero-order valence-electron chi connectivity index (χ0n) is 12.9. The van der Waals surface area contributed by atoms with Crippen LogP contribution in [0, 0.1) is 10.1 Å². The predicted octanol–water partition coefficient (Wildman–Crippen LogP) is 4.20. The van der Waals surface area contributed by atoms with Crippen molar-refractivity contribution >= 4 is 32.2 Å². The van der Waals surface area contributed by atoms with E-state index in [1.165, 1.54) is 0 Å². The van der Waals surface area contributed by atoms with Crippen LogP contribution < -0.4 is 10.9 Å². The number of fused-ring (bicyclic) bond motifs is 1. The van der Waals surface area contributed by atoms with Gasteiger partial charge in [-0.05, 0) is 11.6 Å². The maximum atomic E-state index is 12.9. The number of benzene rings is 2. The Hall–Kier alpha value is -3.01. The van der Waals surface area contributed by atoms with Gasteiger partial charge >= 0.3 is 6.18 Å². The topological polar surface area (TPSA) is 85.1 Å². The van der Waals surface area contributed by atoms with E-state index in [9.17, 15) is 28.1 Å². The summed E-state index contributed by atoms with van der Waals surface area (Å²) in [6.07, 6.45) is -4.81. The average Bonchev–Trinajstić information content (AvgIpc) is 2.59. The molecule has 0 aliphatic rings. The fourth-order valence-corrected chi connectivity index (χ4v) is 3.26. The van der Waals surface area contributed by atoms with Gasteiger partial charge in [0.25, 0.3) is 11.2 Å². The molecule has 134 valence electrons. The number of non-ortho nitro benzene ring substituents is 1. The second-order valence-electron chi connectivity index (χ2n) is 5.29. The Morgan fingerprint density at radius 1 is 1.19 bits per heavy atom. The van der Waals surface area contributed by atoms with E-state index in [0.29, 0.717) is 18.7 Å². The van der Waals surface area contributed by atoms with Crippen LogP contribution in [0.15, 0.2) is 47.3 Å². The summed E-state index contributed by atoms with van der Waals surface area (Å²) in [5.41, 5.74) is -2.10. The number of hydrogen-bond donors (Lipinski definition) is 1. The zero-order chi connectivity index (χ0) is 18.9. The summed E-state index contributed by atoms with van der Waals surface area (Å²) >= 11 is 0.763. The number of aromatic nitrogens is 1. The molecular formula is C16H10F3N3O3S. The van der Waals surface area contributed by atoms with E-state index < -0.39 is 33.3 Å². The molecule has 1 N–H and O–H groups in total. The van der Waals surface area contributed by atoms with Gasteiger partial charge in [-0.2, -0.15) is 18.2 Å². The third-order valence-corrected chi connectivity index (χ3v) is 4.57. The summed E-state index contributed by atoms with van der Waals surface area (Å²) in [6.45, 7) is 0.309. The van der Waals surface area contributed by atoms with E-state index in [4.69, 9.17) is 0 Å². The Bertz CT molecular complexity index is 1040. The van der Waals surface area contributed by atoms with Gasteiger partial charge in [-0.1, -0.05) is 41.7 Å². The number of rotatable bonds is 4.